The lowest BCUT2D eigenvalue weighted by atomic mass is 9.85. The Morgan fingerprint density at radius 2 is 1.76 bits per heavy atom. The first kappa shape index (κ1) is 20.2. The van der Waals surface area contributed by atoms with Crippen molar-refractivity contribution in [3.8, 4) is 0 Å². The number of aromatic carboxylic acids is 1. The van der Waals surface area contributed by atoms with Gasteiger partial charge in [0.1, 0.15) is 0 Å². The molecular weight excluding hydrogens is 362 g/mol. The standard InChI is InChI=1S/C18H26ClNO4S/c1-3-5-13-9-14(6-4-2)12-20(11-13)25(23,24)15-7-8-17(19)16(10-15)18(21)22/h7-8,10,13-14H,3-6,9,11-12H2,1-2H3,(H,21,22). The van der Waals surface area contributed by atoms with Crippen molar-refractivity contribution in [1.29, 1.82) is 0 Å². The van der Waals surface area contributed by atoms with E-state index in [1.165, 1.54) is 16.4 Å². The van der Waals surface area contributed by atoms with Crippen molar-refractivity contribution in [2.45, 2.75) is 50.8 Å². The average Bonchev–Trinajstić information content (AvgIpc) is 2.55. The number of hydrogen-bond donors (Lipinski definition) is 1. The van der Waals surface area contributed by atoms with Gasteiger partial charge in [-0.15, -0.1) is 0 Å². The maximum atomic E-state index is 13.1. The Morgan fingerprint density at radius 3 is 2.24 bits per heavy atom. The first-order chi connectivity index (χ1) is 11.8. The maximum Gasteiger partial charge on any atom is 0.337 e. The molecule has 1 fully saturated rings. The van der Waals surface area contributed by atoms with Gasteiger partial charge >= 0.3 is 5.97 Å². The Morgan fingerprint density at radius 1 is 1.20 bits per heavy atom. The second kappa shape index (κ2) is 8.52. The van der Waals surface area contributed by atoms with E-state index in [1.807, 2.05) is 0 Å². The van der Waals surface area contributed by atoms with Crippen molar-refractivity contribution in [2.24, 2.45) is 11.8 Å². The minimum Gasteiger partial charge on any atom is -0.478 e. The summed E-state index contributed by atoms with van der Waals surface area (Å²) in [6, 6.07) is 3.90. The lowest BCUT2D eigenvalue weighted by molar-refractivity contribution is 0.0697. The number of benzene rings is 1. The third-order valence-corrected chi connectivity index (χ3v) is 6.95. The lowest BCUT2D eigenvalue weighted by Crippen LogP contribution is -2.44. The van der Waals surface area contributed by atoms with Crippen LogP contribution in [0.5, 0.6) is 0 Å². The summed E-state index contributed by atoms with van der Waals surface area (Å²) in [7, 11) is -3.73. The topological polar surface area (TPSA) is 74.7 Å². The van der Waals surface area contributed by atoms with E-state index in [2.05, 4.69) is 13.8 Å². The summed E-state index contributed by atoms with van der Waals surface area (Å²) in [5, 5.41) is 9.24. The van der Waals surface area contributed by atoms with Gasteiger partial charge < -0.3 is 5.11 Å². The minimum atomic E-state index is -3.73. The SMILES string of the molecule is CCCC1CC(CCC)CN(S(=O)(=O)c2ccc(Cl)c(C(=O)O)c2)C1. The van der Waals surface area contributed by atoms with Crippen LogP contribution in [0.25, 0.3) is 0 Å². The Labute approximate surface area is 155 Å². The largest absolute Gasteiger partial charge is 0.478 e. The fourth-order valence-corrected chi connectivity index (χ4v) is 5.50. The van der Waals surface area contributed by atoms with Crippen molar-refractivity contribution in [2.75, 3.05) is 13.1 Å². The number of carboxylic acid groups (broad SMARTS) is 1. The van der Waals surface area contributed by atoms with E-state index in [1.54, 1.807) is 0 Å². The molecule has 1 aliphatic heterocycles. The molecule has 0 bridgehead atoms. The summed E-state index contributed by atoms with van der Waals surface area (Å²) in [5.74, 6) is -0.513. The molecule has 140 valence electrons. The molecule has 1 aromatic carbocycles. The van der Waals surface area contributed by atoms with Crippen LogP contribution in [-0.4, -0.2) is 36.9 Å². The summed E-state index contributed by atoms with van der Waals surface area (Å²) < 4.78 is 27.7. The molecule has 0 saturated carbocycles. The maximum absolute atomic E-state index is 13.1. The van der Waals surface area contributed by atoms with Crippen molar-refractivity contribution in [1.82, 2.24) is 4.31 Å². The number of hydrogen-bond acceptors (Lipinski definition) is 3. The van der Waals surface area contributed by atoms with Crippen LogP contribution < -0.4 is 0 Å². The van der Waals surface area contributed by atoms with Crippen molar-refractivity contribution < 1.29 is 18.3 Å². The van der Waals surface area contributed by atoms with E-state index in [-0.39, 0.29) is 15.5 Å². The van der Waals surface area contributed by atoms with E-state index in [0.717, 1.165) is 38.2 Å². The van der Waals surface area contributed by atoms with Crippen LogP contribution >= 0.6 is 11.6 Å². The van der Waals surface area contributed by atoms with E-state index < -0.39 is 16.0 Å². The van der Waals surface area contributed by atoms with Crippen molar-refractivity contribution in [3.63, 3.8) is 0 Å². The van der Waals surface area contributed by atoms with Crippen molar-refractivity contribution >= 4 is 27.6 Å². The predicted molar refractivity (Wildman–Crippen MR) is 98.6 cm³/mol. The van der Waals surface area contributed by atoms with Crippen LogP contribution in [0.3, 0.4) is 0 Å². The van der Waals surface area contributed by atoms with E-state index >= 15 is 0 Å². The highest BCUT2D eigenvalue weighted by molar-refractivity contribution is 7.89. The highest BCUT2D eigenvalue weighted by Gasteiger charge is 2.34. The molecule has 7 heteroatoms. The van der Waals surface area contributed by atoms with Crippen LogP contribution in [-0.2, 0) is 10.0 Å². The molecule has 25 heavy (non-hydrogen) atoms. The lowest BCUT2D eigenvalue weighted by Gasteiger charge is -2.37. The summed E-state index contributed by atoms with van der Waals surface area (Å²) >= 11 is 5.87. The highest BCUT2D eigenvalue weighted by atomic mass is 35.5. The van der Waals surface area contributed by atoms with Gasteiger partial charge in [0.15, 0.2) is 0 Å². The fourth-order valence-electron chi connectivity index (χ4n) is 3.68. The van der Waals surface area contributed by atoms with Crippen LogP contribution in [0.1, 0.15) is 56.3 Å². The number of sulfonamides is 1. The Bertz CT molecular complexity index is 706. The fraction of sp³-hybridized carbons (Fsp3) is 0.611. The van der Waals surface area contributed by atoms with Gasteiger partial charge in [0.2, 0.25) is 10.0 Å². The third-order valence-electron chi connectivity index (χ3n) is 4.79. The molecule has 1 aliphatic rings. The number of piperidine rings is 1. The Balaban J connectivity index is 2.33. The number of halogens is 1. The highest BCUT2D eigenvalue weighted by Crippen LogP contribution is 2.32. The minimum absolute atomic E-state index is 0.00157. The first-order valence-electron chi connectivity index (χ1n) is 8.82. The number of carboxylic acids is 1. The zero-order valence-electron chi connectivity index (χ0n) is 14.7. The molecule has 1 aromatic rings. The summed E-state index contributed by atoms with van der Waals surface area (Å²) in [6.07, 6.45) is 5.14. The van der Waals surface area contributed by atoms with Gasteiger partial charge in [0.05, 0.1) is 15.5 Å². The van der Waals surface area contributed by atoms with E-state index in [4.69, 9.17) is 11.6 Å². The zero-order valence-corrected chi connectivity index (χ0v) is 16.3. The average molecular weight is 388 g/mol. The van der Waals surface area contributed by atoms with E-state index in [0.29, 0.717) is 24.9 Å². The molecule has 0 aliphatic carbocycles. The van der Waals surface area contributed by atoms with Crippen LogP contribution in [0.15, 0.2) is 23.1 Å². The predicted octanol–water partition coefficient (Wildman–Crippen LogP) is 4.27. The summed E-state index contributed by atoms with van der Waals surface area (Å²) in [5.41, 5.74) is -0.185. The molecule has 1 saturated heterocycles. The smallest absolute Gasteiger partial charge is 0.337 e. The van der Waals surface area contributed by atoms with Gasteiger partial charge in [0.25, 0.3) is 0 Å². The first-order valence-corrected chi connectivity index (χ1v) is 10.6. The van der Waals surface area contributed by atoms with Gasteiger partial charge in [-0.1, -0.05) is 38.3 Å². The molecule has 2 unspecified atom stereocenters. The second-order valence-corrected chi connectivity index (χ2v) is 9.16. The van der Waals surface area contributed by atoms with Gasteiger partial charge in [-0.3, -0.25) is 0 Å². The number of nitrogens with zero attached hydrogens (tertiary/aromatic N) is 1. The molecule has 0 radical (unpaired) electrons. The van der Waals surface area contributed by atoms with Gasteiger partial charge in [0, 0.05) is 13.1 Å². The van der Waals surface area contributed by atoms with Gasteiger partial charge in [-0.25, -0.2) is 13.2 Å². The van der Waals surface area contributed by atoms with Crippen LogP contribution in [0.2, 0.25) is 5.02 Å². The monoisotopic (exact) mass is 387 g/mol. The van der Waals surface area contributed by atoms with Crippen LogP contribution in [0.4, 0.5) is 0 Å². The van der Waals surface area contributed by atoms with E-state index in [9.17, 15) is 18.3 Å². The van der Waals surface area contributed by atoms with Crippen LogP contribution in [0, 0.1) is 11.8 Å². The quantitative estimate of drug-likeness (QED) is 0.758. The number of carbonyl (C=O) groups is 1. The Kier molecular flexibility index (Phi) is 6.88. The Hall–Kier alpha value is -1.11. The normalized spacial score (nSPS) is 22.0. The molecule has 0 amide bonds. The second-order valence-electron chi connectivity index (χ2n) is 6.81. The van der Waals surface area contributed by atoms with Gasteiger partial charge in [-0.2, -0.15) is 4.31 Å². The van der Waals surface area contributed by atoms with Crippen molar-refractivity contribution in [3.05, 3.63) is 28.8 Å². The molecule has 0 aromatic heterocycles. The number of rotatable bonds is 7. The van der Waals surface area contributed by atoms with Gasteiger partial charge in [-0.05, 0) is 49.3 Å². The molecule has 2 atom stereocenters. The summed E-state index contributed by atoms with van der Waals surface area (Å²) in [4.78, 5) is 11.3. The molecular formula is C18H26ClNO4S. The molecule has 1 N–H and O–H groups in total. The molecule has 5 nitrogen and oxygen atoms in total. The third kappa shape index (κ3) is 4.74. The molecule has 1 heterocycles. The molecule has 0 spiro atoms. The molecule has 2 rings (SSSR count). The zero-order chi connectivity index (χ0) is 18.6. The summed E-state index contributed by atoms with van der Waals surface area (Å²) in [6.45, 7) is 5.23.